The van der Waals surface area contributed by atoms with E-state index in [4.69, 9.17) is 16.0 Å². The Hall–Kier alpha value is -2.01. The van der Waals surface area contributed by atoms with Crippen LogP contribution in [0.4, 0.5) is 6.01 Å². The molecule has 5 nitrogen and oxygen atoms in total. The third kappa shape index (κ3) is 3.51. The molecular formula is C14H15ClN2O3. The second kappa shape index (κ2) is 6.43. The number of carbonyl (C=O) groups is 1. The molecule has 1 aromatic carbocycles. The van der Waals surface area contributed by atoms with Crippen LogP contribution in [0.2, 0.25) is 5.02 Å². The number of aromatic nitrogens is 1. The highest BCUT2D eigenvalue weighted by molar-refractivity contribution is 6.30. The van der Waals surface area contributed by atoms with Gasteiger partial charge in [0, 0.05) is 11.6 Å². The molecule has 2 rings (SSSR count). The number of carbonyl (C=O) groups excluding carboxylic acids is 1. The Labute approximate surface area is 121 Å². The summed E-state index contributed by atoms with van der Waals surface area (Å²) in [6.45, 7) is 2.31. The summed E-state index contributed by atoms with van der Waals surface area (Å²) < 4.78 is 9.96. The first-order chi connectivity index (χ1) is 9.60. The van der Waals surface area contributed by atoms with E-state index in [1.807, 2.05) is 24.3 Å². The van der Waals surface area contributed by atoms with Crippen LogP contribution in [0.3, 0.4) is 0 Å². The first-order valence-corrected chi connectivity index (χ1v) is 6.52. The fourth-order valence-corrected chi connectivity index (χ4v) is 1.85. The van der Waals surface area contributed by atoms with E-state index in [-0.39, 0.29) is 5.69 Å². The minimum atomic E-state index is -0.503. The molecule has 0 radical (unpaired) electrons. The van der Waals surface area contributed by atoms with Gasteiger partial charge in [0.15, 0.2) is 5.69 Å². The molecule has 1 heterocycles. The summed E-state index contributed by atoms with van der Waals surface area (Å²) in [6.07, 6.45) is 0.798. The maximum Gasteiger partial charge on any atom is 0.360 e. The molecule has 0 saturated heterocycles. The predicted octanol–water partition coefficient (Wildman–Crippen LogP) is 3.08. The van der Waals surface area contributed by atoms with Crippen molar-refractivity contribution in [3.63, 3.8) is 0 Å². The summed E-state index contributed by atoms with van der Waals surface area (Å²) in [5.74, 6) is -0.0668. The molecule has 20 heavy (non-hydrogen) atoms. The van der Waals surface area contributed by atoms with Crippen LogP contribution in [0.1, 0.15) is 21.8 Å². The third-order valence-corrected chi connectivity index (χ3v) is 3.03. The first kappa shape index (κ1) is 14.4. The Morgan fingerprint density at radius 2 is 2.10 bits per heavy atom. The smallest absolute Gasteiger partial charge is 0.360 e. The van der Waals surface area contributed by atoms with Crippen molar-refractivity contribution in [1.29, 1.82) is 0 Å². The topological polar surface area (TPSA) is 64.4 Å². The molecule has 0 amide bonds. The molecular weight excluding hydrogens is 280 g/mol. The standard InChI is InChI=1S/C14H15ClN2O3/c1-9-12(13(18)19-2)17-14(20-9)16-8-7-10-3-5-11(15)6-4-10/h3-6H,7-8H2,1-2H3,(H,16,17). The van der Waals surface area contributed by atoms with Gasteiger partial charge in [0.05, 0.1) is 7.11 Å². The summed E-state index contributed by atoms with van der Waals surface area (Å²) in [6, 6.07) is 7.94. The van der Waals surface area contributed by atoms with Gasteiger partial charge >= 0.3 is 5.97 Å². The van der Waals surface area contributed by atoms with Gasteiger partial charge < -0.3 is 14.5 Å². The fourth-order valence-electron chi connectivity index (χ4n) is 1.72. The van der Waals surface area contributed by atoms with Crippen molar-refractivity contribution < 1.29 is 13.9 Å². The van der Waals surface area contributed by atoms with Gasteiger partial charge in [-0.3, -0.25) is 0 Å². The molecule has 106 valence electrons. The molecule has 6 heteroatoms. The van der Waals surface area contributed by atoms with Crippen molar-refractivity contribution in [3.05, 3.63) is 46.3 Å². The number of hydrogen-bond donors (Lipinski definition) is 1. The molecule has 1 N–H and O–H groups in total. The van der Waals surface area contributed by atoms with Crippen molar-refractivity contribution in [2.45, 2.75) is 13.3 Å². The van der Waals surface area contributed by atoms with Gasteiger partial charge in [-0.05, 0) is 31.0 Å². The minimum absolute atomic E-state index is 0.196. The Balaban J connectivity index is 1.91. The molecule has 0 bridgehead atoms. The van der Waals surface area contributed by atoms with E-state index < -0.39 is 5.97 Å². The summed E-state index contributed by atoms with van der Waals surface area (Å²) in [4.78, 5) is 15.4. The van der Waals surface area contributed by atoms with Crippen LogP contribution in [0.25, 0.3) is 0 Å². The minimum Gasteiger partial charge on any atom is -0.464 e. The number of anilines is 1. The Morgan fingerprint density at radius 3 is 2.75 bits per heavy atom. The van der Waals surface area contributed by atoms with Crippen molar-refractivity contribution in [2.75, 3.05) is 19.0 Å². The lowest BCUT2D eigenvalue weighted by molar-refractivity contribution is 0.0593. The zero-order chi connectivity index (χ0) is 14.5. The van der Waals surface area contributed by atoms with E-state index in [0.717, 1.165) is 12.0 Å². The van der Waals surface area contributed by atoms with Crippen molar-refractivity contribution in [1.82, 2.24) is 4.98 Å². The second-order valence-electron chi connectivity index (χ2n) is 4.22. The molecule has 0 fully saturated rings. The summed E-state index contributed by atoms with van der Waals surface area (Å²) in [7, 11) is 1.31. The molecule has 0 unspecified atom stereocenters. The molecule has 0 atom stereocenters. The van der Waals surface area contributed by atoms with E-state index in [1.165, 1.54) is 7.11 Å². The normalized spacial score (nSPS) is 10.3. The van der Waals surface area contributed by atoms with Crippen LogP contribution in [0.5, 0.6) is 0 Å². The maximum absolute atomic E-state index is 11.4. The Morgan fingerprint density at radius 1 is 1.40 bits per heavy atom. The summed E-state index contributed by atoms with van der Waals surface area (Å²) in [5, 5.41) is 3.74. The molecule has 0 aliphatic rings. The lowest BCUT2D eigenvalue weighted by atomic mass is 10.1. The third-order valence-electron chi connectivity index (χ3n) is 2.78. The maximum atomic E-state index is 11.4. The van der Waals surface area contributed by atoms with Gasteiger partial charge in [-0.2, -0.15) is 4.98 Å². The van der Waals surface area contributed by atoms with Crippen molar-refractivity contribution >= 4 is 23.6 Å². The highest BCUT2D eigenvalue weighted by Crippen LogP contribution is 2.15. The van der Waals surface area contributed by atoms with E-state index in [2.05, 4.69) is 15.0 Å². The zero-order valence-corrected chi connectivity index (χ0v) is 12.0. The Kier molecular flexibility index (Phi) is 4.63. The summed E-state index contributed by atoms with van der Waals surface area (Å²) in [5.41, 5.74) is 1.35. The fraction of sp³-hybridized carbons (Fsp3) is 0.286. The lowest BCUT2D eigenvalue weighted by Crippen LogP contribution is -2.06. The lowest BCUT2D eigenvalue weighted by Gasteiger charge is -2.02. The first-order valence-electron chi connectivity index (χ1n) is 6.14. The van der Waals surface area contributed by atoms with Gasteiger partial charge in [0.1, 0.15) is 5.76 Å². The van der Waals surface area contributed by atoms with Crippen LogP contribution >= 0.6 is 11.6 Å². The number of methoxy groups -OCH3 is 1. The monoisotopic (exact) mass is 294 g/mol. The number of rotatable bonds is 5. The number of hydrogen-bond acceptors (Lipinski definition) is 5. The van der Waals surface area contributed by atoms with E-state index in [9.17, 15) is 4.79 Å². The van der Waals surface area contributed by atoms with E-state index in [1.54, 1.807) is 6.92 Å². The van der Waals surface area contributed by atoms with Gasteiger partial charge in [0.25, 0.3) is 6.01 Å². The van der Waals surface area contributed by atoms with Crippen LogP contribution in [0.15, 0.2) is 28.7 Å². The number of aryl methyl sites for hydroxylation is 1. The molecule has 0 aliphatic heterocycles. The SMILES string of the molecule is COC(=O)c1nc(NCCc2ccc(Cl)cc2)oc1C. The van der Waals surface area contributed by atoms with Gasteiger partial charge in [-0.15, -0.1) is 0 Å². The number of oxazole rings is 1. The molecule has 0 spiro atoms. The number of nitrogens with one attached hydrogen (secondary N) is 1. The summed E-state index contributed by atoms with van der Waals surface area (Å²) >= 11 is 5.82. The largest absolute Gasteiger partial charge is 0.464 e. The van der Waals surface area contributed by atoms with Gasteiger partial charge in [-0.25, -0.2) is 4.79 Å². The number of halogens is 1. The highest BCUT2D eigenvalue weighted by Gasteiger charge is 2.17. The van der Waals surface area contributed by atoms with Crippen LogP contribution in [-0.2, 0) is 11.2 Å². The van der Waals surface area contributed by atoms with Gasteiger partial charge in [-0.1, -0.05) is 23.7 Å². The molecule has 0 saturated carbocycles. The quantitative estimate of drug-likeness (QED) is 0.859. The van der Waals surface area contributed by atoms with E-state index in [0.29, 0.717) is 23.3 Å². The van der Waals surface area contributed by atoms with Crippen molar-refractivity contribution in [2.24, 2.45) is 0 Å². The second-order valence-corrected chi connectivity index (χ2v) is 4.66. The Bertz CT molecular complexity index is 593. The number of benzene rings is 1. The highest BCUT2D eigenvalue weighted by atomic mass is 35.5. The number of esters is 1. The van der Waals surface area contributed by atoms with Crippen LogP contribution in [0, 0.1) is 6.92 Å². The van der Waals surface area contributed by atoms with E-state index >= 15 is 0 Å². The average Bonchev–Trinajstić information content (AvgIpc) is 2.81. The van der Waals surface area contributed by atoms with Crippen LogP contribution in [-0.4, -0.2) is 24.6 Å². The zero-order valence-electron chi connectivity index (χ0n) is 11.3. The number of ether oxygens (including phenoxy) is 1. The molecule has 1 aromatic heterocycles. The van der Waals surface area contributed by atoms with Gasteiger partial charge in [0.2, 0.25) is 0 Å². The van der Waals surface area contributed by atoms with Crippen LogP contribution < -0.4 is 5.32 Å². The molecule has 2 aromatic rings. The van der Waals surface area contributed by atoms with Crippen molar-refractivity contribution in [3.8, 4) is 0 Å². The average molecular weight is 295 g/mol. The number of nitrogens with zero attached hydrogens (tertiary/aromatic N) is 1. The molecule has 0 aliphatic carbocycles. The predicted molar refractivity (Wildman–Crippen MR) is 76.2 cm³/mol.